The molecule has 0 aliphatic rings. The molecule has 4 N–H and O–H groups in total. The standard InChI is InChI=1S/C14H20N2O3.C2H4O2/c1-2-8-19-12-5-3-4-11(9-12)6-7-14(18)16-10-13(15)17;1-2(3)4/h3-5,9H,2,6-8,10H2,1H3,(H2,15,17)(H,16,18);1H3,(H,3,4). The molecule has 128 valence electrons. The van der Waals surface area contributed by atoms with Gasteiger partial charge in [-0.2, -0.15) is 0 Å². The molecule has 0 spiro atoms. The second kappa shape index (κ2) is 12.0. The Morgan fingerprint density at radius 2 is 1.96 bits per heavy atom. The van der Waals surface area contributed by atoms with E-state index < -0.39 is 11.9 Å². The number of aliphatic carboxylic acids is 1. The third kappa shape index (κ3) is 12.9. The van der Waals surface area contributed by atoms with Gasteiger partial charge in [0.1, 0.15) is 5.75 Å². The molecule has 0 heterocycles. The van der Waals surface area contributed by atoms with Gasteiger partial charge in [0.25, 0.3) is 5.97 Å². The number of benzene rings is 1. The van der Waals surface area contributed by atoms with E-state index in [1.54, 1.807) is 0 Å². The molecular formula is C16H24N2O5. The van der Waals surface area contributed by atoms with Crippen molar-refractivity contribution in [3.05, 3.63) is 29.8 Å². The number of amides is 2. The van der Waals surface area contributed by atoms with E-state index in [9.17, 15) is 9.59 Å². The molecule has 0 saturated carbocycles. The lowest BCUT2D eigenvalue weighted by molar-refractivity contribution is -0.134. The summed E-state index contributed by atoms with van der Waals surface area (Å²) in [4.78, 5) is 30.9. The van der Waals surface area contributed by atoms with Crippen LogP contribution in [0.15, 0.2) is 24.3 Å². The van der Waals surface area contributed by atoms with Gasteiger partial charge in [0.15, 0.2) is 0 Å². The van der Waals surface area contributed by atoms with Crippen LogP contribution in [-0.4, -0.2) is 36.0 Å². The van der Waals surface area contributed by atoms with Crippen LogP contribution in [0.2, 0.25) is 0 Å². The highest BCUT2D eigenvalue weighted by atomic mass is 16.5. The minimum absolute atomic E-state index is 0.113. The molecule has 0 atom stereocenters. The minimum Gasteiger partial charge on any atom is -0.494 e. The number of carboxylic acids is 1. The Balaban J connectivity index is 0.00000108. The summed E-state index contributed by atoms with van der Waals surface area (Å²) in [5.41, 5.74) is 5.97. The number of nitrogens with two attached hydrogens (primary N) is 1. The quantitative estimate of drug-likeness (QED) is 0.661. The molecule has 0 radical (unpaired) electrons. The van der Waals surface area contributed by atoms with E-state index >= 15 is 0 Å². The van der Waals surface area contributed by atoms with Gasteiger partial charge >= 0.3 is 0 Å². The predicted molar refractivity (Wildman–Crippen MR) is 86.1 cm³/mol. The summed E-state index contributed by atoms with van der Waals surface area (Å²) in [5, 5.41) is 9.87. The van der Waals surface area contributed by atoms with Crippen molar-refractivity contribution < 1.29 is 24.2 Å². The number of carbonyl (C=O) groups is 3. The summed E-state index contributed by atoms with van der Waals surface area (Å²) < 4.78 is 5.52. The molecule has 23 heavy (non-hydrogen) atoms. The highest BCUT2D eigenvalue weighted by Crippen LogP contribution is 2.14. The Kier molecular flexibility index (Phi) is 10.7. The van der Waals surface area contributed by atoms with E-state index in [4.69, 9.17) is 20.4 Å². The fourth-order valence-electron chi connectivity index (χ4n) is 1.54. The van der Waals surface area contributed by atoms with Crippen molar-refractivity contribution in [3.63, 3.8) is 0 Å². The number of carbonyl (C=O) groups excluding carboxylic acids is 2. The van der Waals surface area contributed by atoms with Gasteiger partial charge in [-0.05, 0) is 30.5 Å². The minimum atomic E-state index is -0.833. The van der Waals surface area contributed by atoms with Gasteiger partial charge in [-0.25, -0.2) is 0 Å². The van der Waals surface area contributed by atoms with Crippen LogP contribution in [0, 0.1) is 0 Å². The molecule has 1 aromatic carbocycles. The first kappa shape index (κ1) is 20.4. The van der Waals surface area contributed by atoms with Crippen LogP contribution in [0.4, 0.5) is 0 Å². The number of carboxylic acid groups (broad SMARTS) is 1. The Morgan fingerprint density at radius 3 is 2.52 bits per heavy atom. The first-order chi connectivity index (χ1) is 10.8. The van der Waals surface area contributed by atoms with Gasteiger partial charge < -0.3 is 20.9 Å². The lowest BCUT2D eigenvalue weighted by atomic mass is 10.1. The second-order valence-corrected chi connectivity index (χ2v) is 4.76. The first-order valence-corrected chi connectivity index (χ1v) is 7.31. The normalized spacial score (nSPS) is 9.30. The third-order valence-electron chi connectivity index (χ3n) is 2.47. The number of nitrogens with one attached hydrogen (secondary N) is 1. The summed E-state index contributed by atoms with van der Waals surface area (Å²) in [5.74, 6) is -0.737. The molecule has 2 amide bonds. The summed E-state index contributed by atoms with van der Waals surface area (Å²) >= 11 is 0. The van der Waals surface area contributed by atoms with Gasteiger partial charge in [-0.1, -0.05) is 19.1 Å². The van der Waals surface area contributed by atoms with Crippen LogP contribution in [0.3, 0.4) is 0 Å². The van der Waals surface area contributed by atoms with Gasteiger partial charge in [0, 0.05) is 13.3 Å². The van der Waals surface area contributed by atoms with Gasteiger partial charge in [0.05, 0.1) is 13.2 Å². The summed E-state index contributed by atoms with van der Waals surface area (Å²) in [6.45, 7) is 3.70. The Morgan fingerprint density at radius 1 is 1.30 bits per heavy atom. The molecule has 0 aliphatic carbocycles. The fourth-order valence-corrected chi connectivity index (χ4v) is 1.54. The topological polar surface area (TPSA) is 119 Å². The molecule has 1 rings (SSSR count). The van der Waals surface area contributed by atoms with Crippen LogP contribution < -0.4 is 15.8 Å². The largest absolute Gasteiger partial charge is 0.494 e. The van der Waals surface area contributed by atoms with Crippen LogP contribution in [-0.2, 0) is 20.8 Å². The summed E-state index contributed by atoms with van der Waals surface area (Å²) in [6, 6.07) is 7.67. The van der Waals surface area contributed by atoms with Gasteiger partial charge in [-0.3, -0.25) is 14.4 Å². The van der Waals surface area contributed by atoms with Crippen LogP contribution in [0.1, 0.15) is 32.3 Å². The second-order valence-electron chi connectivity index (χ2n) is 4.76. The van der Waals surface area contributed by atoms with Crippen molar-refractivity contribution in [2.24, 2.45) is 5.73 Å². The molecule has 1 aromatic rings. The van der Waals surface area contributed by atoms with Crippen LogP contribution in [0.25, 0.3) is 0 Å². The SMILES string of the molecule is CC(=O)O.CCCOc1cccc(CCC(=O)NCC(N)=O)c1. The fraction of sp³-hybridized carbons (Fsp3) is 0.438. The number of aryl methyl sites for hydroxylation is 1. The van der Waals surface area contributed by atoms with Crippen molar-refractivity contribution in [1.29, 1.82) is 0 Å². The van der Waals surface area contributed by atoms with E-state index in [1.165, 1.54) is 0 Å². The zero-order valence-corrected chi connectivity index (χ0v) is 13.5. The Labute approximate surface area is 135 Å². The average Bonchev–Trinajstić information content (AvgIpc) is 2.48. The van der Waals surface area contributed by atoms with Crippen molar-refractivity contribution in [2.75, 3.05) is 13.2 Å². The maximum atomic E-state index is 11.4. The van der Waals surface area contributed by atoms with Gasteiger partial charge in [0.2, 0.25) is 11.8 Å². The highest BCUT2D eigenvalue weighted by Gasteiger charge is 2.04. The lowest BCUT2D eigenvalue weighted by Gasteiger charge is -2.07. The molecule has 0 bridgehead atoms. The van der Waals surface area contributed by atoms with Crippen molar-refractivity contribution >= 4 is 17.8 Å². The number of primary amides is 1. The summed E-state index contributed by atoms with van der Waals surface area (Å²) in [7, 11) is 0. The van der Waals surface area contributed by atoms with E-state index in [0.717, 1.165) is 24.7 Å². The van der Waals surface area contributed by atoms with E-state index in [0.29, 0.717) is 19.4 Å². The number of ether oxygens (including phenoxy) is 1. The average molecular weight is 324 g/mol. The van der Waals surface area contributed by atoms with E-state index in [-0.39, 0.29) is 12.5 Å². The smallest absolute Gasteiger partial charge is 0.300 e. The van der Waals surface area contributed by atoms with Gasteiger partial charge in [-0.15, -0.1) is 0 Å². The van der Waals surface area contributed by atoms with E-state index in [1.807, 2.05) is 31.2 Å². The zero-order valence-electron chi connectivity index (χ0n) is 13.5. The molecule has 0 unspecified atom stereocenters. The Bertz CT molecular complexity index is 513. The van der Waals surface area contributed by atoms with Crippen LogP contribution >= 0.6 is 0 Å². The number of rotatable bonds is 8. The van der Waals surface area contributed by atoms with Crippen molar-refractivity contribution in [2.45, 2.75) is 33.1 Å². The molecular weight excluding hydrogens is 300 g/mol. The molecule has 7 nitrogen and oxygen atoms in total. The third-order valence-corrected chi connectivity index (χ3v) is 2.47. The number of hydrogen-bond donors (Lipinski definition) is 3. The molecule has 0 fully saturated rings. The molecule has 0 aliphatic heterocycles. The monoisotopic (exact) mass is 324 g/mol. The highest BCUT2D eigenvalue weighted by molar-refractivity contribution is 5.83. The first-order valence-electron chi connectivity index (χ1n) is 7.31. The predicted octanol–water partition coefficient (Wildman–Crippen LogP) is 1.10. The Hall–Kier alpha value is -2.57. The molecule has 0 saturated heterocycles. The lowest BCUT2D eigenvalue weighted by Crippen LogP contribution is -2.33. The molecule has 7 heteroatoms. The summed E-state index contributed by atoms with van der Waals surface area (Å²) in [6.07, 6.45) is 1.89. The zero-order chi connectivity index (χ0) is 17.7. The number of hydrogen-bond acceptors (Lipinski definition) is 4. The molecule has 0 aromatic heterocycles. The van der Waals surface area contributed by atoms with Crippen molar-refractivity contribution in [1.82, 2.24) is 5.32 Å². The maximum absolute atomic E-state index is 11.4. The van der Waals surface area contributed by atoms with E-state index in [2.05, 4.69) is 5.32 Å². The maximum Gasteiger partial charge on any atom is 0.300 e. The van der Waals surface area contributed by atoms with Crippen LogP contribution in [0.5, 0.6) is 5.75 Å². The van der Waals surface area contributed by atoms with Crippen molar-refractivity contribution in [3.8, 4) is 5.75 Å².